The highest BCUT2D eigenvalue weighted by Gasteiger charge is 2.27. The number of sulfonamides is 1. The van der Waals surface area contributed by atoms with E-state index in [1.54, 1.807) is 24.3 Å². The van der Waals surface area contributed by atoms with E-state index >= 15 is 0 Å². The van der Waals surface area contributed by atoms with Crippen molar-refractivity contribution in [1.29, 1.82) is 0 Å². The molecule has 7 heteroatoms. The van der Waals surface area contributed by atoms with Crippen molar-refractivity contribution >= 4 is 21.6 Å². The van der Waals surface area contributed by atoms with E-state index in [-0.39, 0.29) is 11.9 Å². The monoisotopic (exact) mass is 393 g/mol. The fourth-order valence-electron chi connectivity index (χ4n) is 3.86. The average Bonchev–Trinajstić information content (AvgIpc) is 3.17. The molecule has 3 rings (SSSR count). The van der Waals surface area contributed by atoms with E-state index < -0.39 is 10.0 Å². The first-order chi connectivity index (χ1) is 13.0. The van der Waals surface area contributed by atoms with Crippen LogP contribution in [0.5, 0.6) is 0 Å². The first-order valence-corrected chi connectivity index (χ1v) is 11.6. The topological polar surface area (TPSA) is 69.7 Å². The number of rotatable bonds is 5. The Labute approximate surface area is 163 Å². The van der Waals surface area contributed by atoms with Gasteiger partial charge in [0.2, 0.25) is 15.9 Å². The van der Waals surface area contributed by atoms with Gasteiger partial charge in [0.1, 0.15) is 0 Å². The Kier molecular flexibility index (Phi) is 6.89. The SMILES string of the molecule is C[C@@H](C(=O)Nc1ccc(S(=O)(=O)N2CCCC2)cc1)N1CCCCCCC1. The second kappa shape index (κ2) is 9.17. The highest BCUT2D eigenvalue weighted by molar-refractivity contribution is 7.89. The van der Waals surface area contributed by atoms with E-state index in [4.69, 9.17) is 0 Å². The van der Waals surface area contributed by atoms with Gasteiger partial charge < -0.3 is 5.32 Å². The summed E-state index contributed by atoms with van der Waals surface area (Å²) in [7, 11) is -3.41. The molecular formula is C20H31N3O3S. The number of hydrogen-bond acceptors (Lipinski definition) is 4. The Hall–Kier alpha value is -1.44. The maximum absolute atomic E-state index is 12.6. The third-order valence-electron chi connectivity index (χ3n) is 5.64. The van der Waals surface area contributed by atoms with Crippen molar-refractivity contribution in [2.75, 3.05) is 31.5 Å². The van der Waals surface area contributed by atoms with Gasteiger partial charge in [-0.25, -0.2) is 8.42 Å². The van der Waals surface area contributed by atoms with Crippen LogP contribution in [0.3, 0.4) is 0 Å². The lowest BCUT2D eigenvalue weighted by atomic mass is 10.1. The van der Waals surface area contributed by atoms with Crippen molar-refractivity contribution < 1.29 is 13.2 Å². The smallest absolute Gasteiger partial charge is 0.243 e. The molecule has 1 aromatic rings. The summed E-state index contributed by atoms with van der Waals surface area (Å²) in [5, 5.41) is 2.93. The molecule has 2 fully saturated rings. The van der Waals surface area contributed by atoms with Crippen LogP contribution in [0.25, 0.3) is 0 Å². The number of anilines is 1. The molecule has 6 nitrogen and oxygen atoms in total. The summed E-state index contributed by atoms with van der Waals surface area (Å²) in [5.41, 5.74) is 0.638. The van der Waals surface area contributed by atoms with Crippen LogP contribution in [0.15, 0.2) is 29.2 Å². The Morgan fingerprint density at radius 1 is 0.889 bits per heavy atom. The Morgan fingerprint density at radius 2 is 1.41 bits per heavy atom. The normalized spacial score (nSPS) is 21.4. The van der Waals surface area contributed by atoms with E-state index in [1.807, 2.05) is 6.92 Å². The van der Waals surface area contributed by atoms with Gasteiger partial charge in [-0.3, -0.25) is 9.69 Å². The van der Waals surface area contributed by atoms with Gasteiger partial charge in [0.05, 0.1) is 10.9 Å². The number of amides is 1. The zero-order valence-electron chi connectivity index (χ0n) is 16.2. The molecule has 150 valence electrons. The van der Waals surface area contributed by atoms with Crippen molar-refractivity contribution in [3.63, 3.8) is 0 Å². The zero-order chi connectivity index (χ0) is 19.3. The molecule has 0 bridgehead atoms. The van der Waals surface area contributed by atoms with Crippen LogP contribution in [0.2, 0.25) is 0 Å². The molecule has 2 heterocycles. The van der Waals surface area contributed by atoms with Gasteiger partial charge in [0.25, 0.3) is 0 Å². The van der Waals surface area contributed by atoms with Crippen LogP contribution >= 0.6 is 0 Å². The maximum atomic E-state index is 12.6. The van der Waals surface area contributed by atoms with Gasteiger partial charge in [-0.1, -0.05) is 19.3 Å². The second-order valence-corrected chi connectivity index (χ2v) is 9.54. The van der Waals surface area contributed by atoms with Crippen LogP contribution < -0.4 is 5.32 Å². The van der Waals surface area contributed by atoms with Crippen LogP contribution in [-0.4, -0.2) is 55.8 Å². The molecule has 2 aliphatic rings. The summed E-state index contributed by atoms with van der Waals surface area (Å²) in [6, 6.07) is 6.35. The summed E-state index contributed by atoms with van der Waals surface area (Å²) < 4.78 is 26.7. The molecule has 0 radical (unpaired) electrons. The predicted molar refractivity (Wildman–Crippen MR) is 107 cm³/mol. The fraction of sp³-hybridized carbons (Fsp3) is 0.650. The number of benzene rings is 1. The lowest BCUT2D eigenvalue weighted by Gasteiger charge is -2.29. The molecule has 0 saturated carbocycles. The van der Waals surface area contributed by atoms with Crippen LogP contribution in [-0.2, 0) is 14.8 Å². The lowest BCUT2D eigenvalue weighted by molar-refractivity contribution is -0.120. The summed E-state index contributed by atoms with van der Waals surface area (Å²) in [5.74, 6) is -0.0364. The number of nitrogens with zero attached hydrogens (tertiary/aromatic N) is 2. The van der Waals surface area contributed by atoms with E-state index in [1.165, 1.54) is 23.6 Å². The third-order valence-corrected chi connectivity index (χ3v) is 7.56. The van der Waals surface area contributed by atoms with Gasteiger partial charge in [-0.2, -0.15) is 4.31 Å². The predicted octanol–water partition coefficient (Wildman–Crippen LogP) is 3.06. The number of carbonyl (C=O) groups excluding carboxylic acids is 1. The third kappa shape index (κ3) is 5.09. The highest BCUT2D eigenvalue weighted by atomic mass is 32.2. The highest BCUT2D eigenvalue weighted by Crippen LogP contribution is 2.22. The van der Waals surface area contributed by atoms with Crippen LogP contribution in [0.1, 0.15) is 51.9 Å². The molecule has 0 aliphatic carbocycles. The minimum Gasteiger partial charge on any atom is -0.325 e. The number of carbonyl (C=O) groups is 1. The summed E-state index contributed by atoms with van der Waals surface area (Å²) in [4.78, 5) is 15.2. The number of hydrogen-bond donors (Lipinski definition) is 1. The van der Waals surface area contributed by atoms with E-state index in [9.17, 15) is 13.2 Å². The standard InChI is InChI=1S/C20H31N3O3S/c1-17(22-13-5-3-2-4-6-14-22)20(24)21-18-9-11-19(12-10-18)27(25,26)23-15-7-8-16-23/h9-12,17H,2-8,13-16H2,1H3,(H,21,24)/t17-/m0/s1. The van der Waals surface area contributed by atoms with Crippen molar-refractivity contribution in [2.45, 2.75) is 62.8 Å². The molecule has 2 aliphatic heterocycles. The van der Waals surface area contributed by atoms with E-state index in [0.29, 0.717) is 23.7 Å². The Balaban J connectivity index is 1.60. The summed E-state index contributed by atoms with van der Waals surface area (Å²) in [6.45, 7) is 5.05. The summed E-state index contributed by atoms with van der Waals surface area (Å²) >= 11 is 0. The van der Waals surface area contributed by atoms with E-state index in [2.05, 4.69) is 10.2 Å². The Morgan fingerprint density at radius 3 is 2.00 bits per heavy atom. The lowest BCUT2D eigenvalue weighted by Crippen LogP contribution is -2.43. The van der Waals surface area contributed by atoms with Gasteiger partial charge in [-0.05, 0) is 70.0 Å². The zero-order valence-corrected chi connectivity index (χ0v) is 17.0. The molecule has 0 unspecified atom stereocenters. The minimum atomic E-state index is -3.41. The fourth-order valence-corrected chi connectivity index (χ4v) is 5.38. The van der Waals surface area contributed by atoms with Gasteiger partial charge in [0.15, 0.2) is 0 Å². The molecule has 0 spiro atoms. The quantitative estimate of drug-likeness (QED) is 0.835. The molecule has 1 atom stereocenters. The van der Waals surface area contributed by atoms with Crippen LogP contribution in [0, 0.1) is 0 Å². The second-order valence-electron chi connectivity index (χ2n) is 7.60. The molecular weight excluding hydrogens is 362 g/mol. The molecule has 1 aromatic carbocycles. The van der Waals surface area contributed by atoms with Gasteiger partial charge in [0, 0.05) is 18.8 Å². The van der Waals surface area contributed by atoms with Crippen molar-refractivity contribution in [2.24, 2.45) is 0 Å². The van der Waals surface area contributed by atoms with Gasteiger partial charge >= 0.3 is 0 Å². The Bertz CT molecular complexity index is 719. The van der Waals surface area contributed by atoms with Crippen molar-refractivity contribution in [3.05, 3.63) is 24.3 Å². The summed E-state index contributed by atoms with van der Waals surface area (Å²) in [6.07, 6.45) is 7.88. The largest absolute Gasteiger partial charge is 0.325 e. The minimum absolute atomic E-state index is 0.0364. The van der Waals surface area contributed by atoms with Crippen LogP contribution in [0.4, 0.5) is 5.69 Å². The average molecular weight is 394 g/mol. The first-order valence-electron chi connectivity index (χ1n) is 10.1. The number of likely N-dealkylation sites (tertiary alicyclic amines) is 1. The van der Waals surface area contributed by atoms with E-state index in [0.717, 1.165) is 38.8 Å². The molecule has 1 amide bonds. The first kappa shape index (κ1) is 20.3. The van der Waals surface area contributed by atoms with Crippen molar-refractivity contribution in [1.82, 2.24) is 9.21 Å². The molecule has 0 aromatic heterocycles. The molecule has 27 heavy (non-hydrogen) atoms. The maximum Gasteiger partial charge on any atom is 0.243 e. The number of nitrogens with one attached hydrogen (secondary N) is 1. The van der Waals surface area contributed by atoms with Crippen molar-refractivity contribution in [3.8, 4) is 0 Å². The van der Waals surface area contributed by atoms with Gasteiger partial charge in [-0.15, -0.1) is 0 Å². The molecule has 2 saturated heterocycles. The molecule has 1 N–H and O–H groups in total.